The van der Waals surface area contributed by atoms with Crippen LogP contribution in [0.15, 0.2) is 16.5 Å². The van der Waals surface area contributed by atoms with Gasteiger partial charge in [-0.1, -0.05) is 20.8 Å². The normalized spacial score (nSPS) is 16.4. The maximum Gasteiger partial charge on any atom is 0.315 e. The number of carbonyl (C=O) groups excluding carboxylic acids is 1. The summed E-state index contributed by atoms with van der Waals surface area (Å²) < 4.78 is 5.39. The molecule has 0 bridgehead atoms. The van der Waals surface area contributed by atoms with Gasteiger partial charge in [0, 0.05) is 6.04 Å². The molecular weight excluding hydrogens is 256 g/mol. The van der Waals surface area contributed by atoms with Crippen molar-refractivity contribution in [1.82, 2.24) is 10.6 Å². The van der Waals surface area contributed by atoms with E-state index in [0.717, 1.165) is 5.76 Å². The van der Waals surface area contributed by atoms with Gasteiger partial charge >= 0.3 is 6.03 Å². The van der Waals surface area contributed by atoms with Gasteiger partial charge in [0.25, 0.3) is 0 Å². The van der Waals surface area contributed by atoms with Crippen LogP contribution in [0.1, 0.15) is 46.1 Å². The molecule has 1 rings (SSSR count). The number of aliphatic hydroxyl groups is 1. The smallest absolute Gasteiger partial charge is 0.315 e. The molecule has 114 valence electrons. The number of urea groups is 1. The molecule has 1 aromatic rings. The summed E-state index contributed by atoms with van der Waals surface area (Å²) in [5.41, 5.74) is -1.24. The predicted molar refractivity (Wildman–Crippen MR) is 78.5 cm³/mol. The van der Waals surface area contributed by atoms with Crippen LogP contribution in [0.3, 0.4) is 0 Å². The highest BCUT2D eigenvalue weighted by molar-refractivity contribution is 5.74. The van der Waals surface area contributed by atoms with Crippen LogP contribution in [0.2, 0.25) is 0 Å². The zero-order valence-corrected chi connectivity index (χ0v) is 13.2. The highest BCUT2D eigenvalue weighted by Gasteiger charge is 2.28. The maximum atomic E-state index is 11.8. The molecule has 0 radical (unpaired) electrons. The van der Waals surface area contributed by atoms with Crippen molar-refractivity contribution in [2.75, 3.05) is 6.54 Å². The van der Waals surface area contributed by atoms with Gasteiger partial charge in [-0.3, -0.25) is 0 Å². The van der Waals surface area contributed by atoms with Crippen molar-refractivity contribution in [1.29, 1.82) is 0 Å². The highest BCUT2D eigenvalue weighted by Crippen LogP contribution is 2.22. The molecule has 5 nitrogen and oxygen atoms in total. The van der Waals surface area contributed by atoms with Crippen LogP contribution in [-0.2, 0) is 5.60 Å². The molecule has 2 amide bonds. The third-order valence-corrected chi connectivity index (χ3v) is 3.51. The van der Waals surface area contributed by atoms with Crippen molar-refractivity contribution < 1.29 is 14.3 Å². The maximum absolute atomic E-state index is 11.8. The van der Waals surface area contributed by atoms with Gasteiger partial charge in [-0.05, 0) is 38.3 Å². The van der Waals surface area contributed by atoms with Crippen LogP contribution in [-0.4, -0.2) is 23.7 Å². The number of hydrogen-bond acceptors (Lipinski definition) is 3. The van der Waals surface area contributed by atoms with Gasteiger partial charge < -0.3 is 20.2 Å². The Morgan fingerprint density at radius 1 is 1.35 bits per heavy atom. The zero-order chi connectivity index (χ0) is 15.6. The predicted octanol–water partition coefficient (Wildman–Crippen LogP) is 2.53. The molecule has 0 aliphatic carbocycles. The molecule has 2 unspecified atom stereocenters. The third-order valence-electron chi connectivity index (χ3n) is 3.51. The van der Waals surface area contributed by atoms with Gasteiger partial charge in [-0.2, -0.15) is 0 Å². The summed E-state index contributed by atoms with van der Waals surface area (Å²) in [7, 11) is 0. The fraction of sp³-hybridized carbons (Fsp3) is 0.667. The topological polar surface area (TPSA) is 74.5 Å². The fourth-order valence-corrected chi connectivity index (χ4v) is 1.53. The molecular formula is C15H26N2O3. The first-order valence-electron chi connectivity index (χ1n) is 6.86. The number of amides is 2. The molecule has 0 saturated heterocycles. The van der Waals surface area contributed by atoms with E-state index in [-0.39, 0.29) is 24.0 Å². The molecule has 0 aliphatic rings. The molecule has 0 fully saturated rings. The van der Waals surface area contributed by atoms with E-state index in [9.17, 15) is 9.90 Å². The van der Waals surface area contributed by atoms with Gasteiger partial charge in [-0.15, -0.1) is 0 Å². The summed E-state index contributed by atoms with van der Waals surface area (Å²) >= 11 is 0. The second-order valence-corrected chi connectivity index (χ2v) is 6.60. The second-order valence-electron chi connectivity index (χ2n) is 6.60. The van der Waals surface area contributed by atoms with E-state index < -0.39 is 5.60 Å². The van der Waals surface area contributed by atoms with E-state index in [0.29, 0.717) is 5.76 Å². The summed E-state index contributed by atoms with van der Waals surface area (Å²) in [4.78, 5) is 11.8. The summed E-state index contributed by atoms with van der Waals surface area (Å²) in [5.74, 6) is 1.17. The van der Waals surface area contributed by atoms with E-state index in [1.54, 1.807) is 19.1 Å². The van der Waals surface area contributed by atoms with Gasteiger partial charge in [-0.25, -0.2) is 4.79 Å². The van der Waals surface area contributed by atoms with Crippen LogP contribution >= 0.6 is 0 Å². The Labute approximate surface area is 120 Å². The molecule has 1 heterocycles. The van der Waals surface area contributed by atoms with E-state index in [2.05, 4.69) is 31.4 Å². The van der Waals surface area contributed by atoms with Crippen molar-refractivity contribution in [3.63, 3.8) is 0 Å². The third kappa shape index (κ3) is 4.56. The van der Waals surface area contributed by atoms with Gasteiger partial charge in [0.15, 0.2) is 0 Å². The molecule has 0 spiro atoms. The summed E-state index contributed by atoms with van der Waals surface area (Å²) in [6, 6.07) is 3.23. The number of aryl methyl sites for hydroxylation is 1. The quantitative estimate of drug-likeness (QED) is 0.794. The van der Waals surface area contributed by atoms with Crippen molar-refractivity contribution in [3.05, 3.63) is 23.7 Å². The Morgan fingerprint density at radius 2 is 1.95 bits per heavy atom. The Morgan fingerprint density at radius 3 is 2.40 bits per heavy atom. The van der Waals surface area contributed by atoms with Crippen LogP contribution in [0.25, 0.3) is 0 Å². The molecule has 2 atom stereocenters. The number of hydrogen-bond donors (Lipinski definition) is 3. The Bertz CT molecular complexity index is 458. The molecule has 5 heteroatoms. The number of rotatable bonds is 4. The summed E-state index contributed by atoms with van der Waals surface area (Å²) in [6.07, 6.45) is 0. The van der Waals surface area contributed by atoms with Crippen molar-refractivity contribution in [2.24, 2.45) is 5.41 Å². The average molecular weight is 282 g/mol. The van der Waals surface area contributed by atoms with Crippen molar-refractivity contribution in [2.45, 2.75) is 53.2 Å². The first kappa shape index (κ1) is 16.6. The number of nitrogens with one attached hydrogen (secondary N) is 2. The van der Waals surface area contributed by atoms with Crippen LogP contribution in [0.5, 0.6) is 0 Å². The SMILES string of the molecule is Cc1ccc(C(C)(O)CNC(=O)NC(C)C(C)(C)C)o1. The molecule has 3 N–H and O–H groups in total. The van der Waals surface area contributed by atoms with E-state index in [4.69, 9.17) is 4.42 Å². The molecule has 0 aliphatic heterocycles. The Balaban J connectivity index is 2.52. The minimum Gasteiger partial charge on any atom is -0.463 e. The first-order chi connectivity index (χ1) is 9.02. The standard InChI is InChI=1S/C15H26N2O3/c1-10-7-8-12(20-10)15(6,19)9-16-13(18)17-11(2)14(3,4)5/h7-8,11,19H,9H2,1-6H3,(H2,16,17,18). The van der Waals surface area contributed by atoms with Gasteiger partial charge in [0.2, 0.25) is 0 Å². The van der Waals surface area contributed by atoms with Crippen LogP contribution < -0.4 is 10.6 Å². The minimum absolute atomic E-state index is 0.0159. The minimum atomic E-state index is -1.23. The van der Waals surface area contributed by atoms with E-state index in [1.807, 2.05) is 13.8 Å². The lowest BCUT2D eigenvalue weighted by molar-refractivity contribution is 0.0357. The molecule has 1 aromatic heterocycles. The summed E-state index contributed by atoms with van der Waals surface area (Å²) in [6.45, 7) is 11.6. The molecule has 0 aromatic carbocycles. The Hall–Kier alpha value is -1.49. The average Bonchev–Trinajstić information content (AvgIpc) is 2.73. The fourth-order valence-electron chi connectivity index (χ4n) is 1.53. The van der Waals surface area contributed by atoms with Crippen LogP contribution in [0, 0.1) is 12.3 Å². The van der Waals surface area contributed by atoms with E-state index in [1.165, 1.54) is 0 Å². The van der Waals surface area contributed by atoms with Gasteiger partial charge in [0.05, 0.1) is 6.54 Å². The monoisotopic (exact) mass is 282 g/mol. The van der Waals surface area contributed by atoms with Crippen molar-refractivity contribution in [3.8, 4) is 0 Å². The van der Waals surface area contributed by atoms with Crippen molar-refractivity contribution >= 4 is 6.03 Å². The lowest BCUT2D eigenvalue weighted by Gasteiger charge is -2.29. The molecule has 20 heavy (non-hydrogen) atoms. The summed E-state index contributed by atoms with van der Waals surface area (Å²) in [5, 5.41) is 15.8. The highest BCUT2D eigenvalue weighted by atomic mass is 16.4. The number of furan rings is 1. The van der Waals surface area contributed by atoms with Gasteiger partial charge in [0.1, 0.15) is 17.1 Å². The zero-order valence-electron chi connectivity index (χ0n) is 13.2. The largest absolute Gasteiger partial charge is 0.463 e. The number of carbonyl (C=O) groups is 1. The Kier molecular flexibility index (Phi) is 4.86. The lowest BCUT2D eigenvalue weighted by Crippen LogP contribution is -2.49. The van der Waals surface area contributed by atoms with Crippen LogP contribution in [0.4, 0.5) is 4.79 Å². The second kappa shape index (κ2) is 5.87. The van der Waals surface area contributed by atoms with E-state index >= 15 is 0 Å². The first-order valence-corrected chi connectivity index (χ1v) is 6.86. The lowest BCUT2D eigenvalue weighted by atomic mass is 9.88. The molecule has 0 saturated carbocycles.